The van der Waals surface area contributed by atoms with Gasteiger partial charge in [-0.2, -0.15) is 0 Å². The zero-order chi connectivity index (χ0) is 20.5. The van der Waals surface area contributed by atoms with Gasteiger partial charge < -0.3 is 24.4 Å². The van der Waals surface area contributed by atoms with Gasteiger partial charge in [-0.1, -0.05) is 6.07 Å². The monoisotopic (exact) mass is 409 g/mol. The molecule has 1 aromatic rings. The number of β-amino-alcohol motifs (C(OH)–C–C–N with tert-alkyl or cyclic N) is 2. The van der Waals surface area contributed by atoms with Crippen LogP contribution in [0.15, 0.2) is 18.2 Å². The normalized spacial score (nSPS) is 20.5. The van der Waals surface area contributed by atoms with E-state index < -0.39 is 6.10 Å². The second kappa shape index (κ2) is 11.7. The summed E-state index contributed by atoms with van der Waals surface area (Å²) in [4.78, 5) is 6.89. The van der Waals surface area contributed by atoms with Gasteiger partial charge in [0.05, 0.1) is 26.9 Å². The molecule has 164 valence electrons. The van der Waals surface area contributed by atoms with E-state index in [0.29, 0.717) is 18.0 Å². The van der Waals surface area contributed by atoms with E-state index >= 15 is 0 Å². The standard InChI is InChI=1S/C21H35N3O5/c1-27-21-14-18(15-23-6-4-22(5-7-23)8-11-25)2-3-20(21)29-17-19(26)16-24-9-12-28-13-10-24/h2-3,14,19,25-26H,4-13,15-17H2,1H3/t19-/m1/s1. The van der Waals surface area contributed by atoms with Crippen molar-refractivity contribution >= 4 is 0 Å². The summed E-state index contributed by atoms with van der Waals surface area (Å²) >= 11 is 0. The average Bonchev–Trinajstić information content (AvgIpc) is 2.75. The minimum absolute atomic E-state index is 0.222. The molecule has 2 N–H and O–H groups in total. The van der Waals surface area contributed by atoms with Gasteiger partial charge in [-0.3, -0.25) is 14.7 Å². The van der Waals surface area contributed by atoms with E-state index in [4.69, 9.17) is 19.3 Å². The van der Waals surface area contributed by atoms with Crippen molar-refractivity contribution in [1.29, 1.82) is 0 Å². The maximum absolute atomic E-state index is 10.3. The molecular weight excluding hydrogens is 374 g/mol. The molecule has 0 spiro atoms. The number of benzene rings is 1. The molecule has 3 rings (SSSR count). The fourth-order valence-corrected chi connectivity index (χ4v) is 3.82. The summed E-state index contributed by atoms with van der Waals surface area (Å²) in [6.07, 6.45) is -0.548. The van der Waals surface area contributed by atoms with Crippen molar-refractivity contribution in [2.24, 2.45) is 0 Å². The van der Waals surface area contributed by atoms with Crippen LogP contribution in [-0.2, 0) is 11.3 Å². The smallest absolute Gasteiger partial charge is 0.161 e. The molecule has 2 aliphatic rings. The summed E-state index contributed by atoms with van der Waals surface area (Å²) in [6, 6.07) is 6.01. The highest BCUT2D eigenvalue weighted by Crippen LogP contribution is 2.29. The molecule has 8 heteroatoms. The highest BCUT2D eigenvalue weighted by atomic mass is 16.5. The molecule has 2 aliphatic heterocycles. The van der Waals surface area contributed by atoms with E-state index in [1.165, 1.54) is 5.56 Å². The Hall–Kier alpha value is -1.42. The average molecular weight is 410 g/mol. The predicted octanol–water partition coefficient (Wildman–Crippen LogP) is -0.123. The number of ether oxygens (including phenoxy) is 3. The van der Waals surface area contributed by atoms with Gasteiger partial charge in [-0.15, -0.1) is 0 Å². The van der Waals surface area contributed by atoms with Gasteiger partial charge in [0.25, 0.3) is 0 Å². The van der Waals surface area contributed by atoms with E-state index in [1.54, 1.807) is 7.11 Å². The second-order valence-corrected chi connectivity index (χ2v) is 7.70. The number of aliphatic hydroxyl groups is 2. The van der Waals surface area contributed by atoms with E-state index in [9.17, 15) is 5.11 Å². The molecule has 29 heavy (non-hydrogen) atoms. The van der Waals surface area contributed by atoms with Crippen molar-refractivity contribution in [2.75, 3.05) is 85.9 Å². The van der Waals surface area contributed by atoms with Gasteiger partial charge in [-0.05, 0) is 17.7 Å². The lowest BCUT2D eigenvalue weighted by atomic mass is 10.1. The van der Waals surface area contributed by atoms with Crippen LogP contribution in [0.5, 0.6) is 11.5 Å². The molecule has 0 saturated carbocycles. The summed E-state index contributed by atoms with van der Waals surface area (Å²) < 4.78 is 16.7. The van der Waals surface area contributed by atoms with Crippen LogP contribution in [0.25, 0.3) is 0 Å². The first-order valence-electron chi connectivity index (χ1n) is 10.5. The number of hydrogen-bond acceptors (Lipinski definition) is 8. The Morgan fingerprint density at radius 1 is 1.00 bits per heavy atom. The molecule has 0 bridgehead atoms. The summed E-state index contributed by atoms with van der Waals surface area (Å²) in [7, 11) is 1.64. The van der Waals surface area contributed by atoms with Gasteiger partial charge in [-0.25, -0.2) is 0 Å². The quantitative estimate of drug-likeness (QED) is 0.554. The zero-order valence-electron chi connectivity index (χ0n) is 17.5. The Morgan fingerprint density at radius 2 is 1.72 bits per heavy atom. The molecule has 2 fully saturated rings. The number of piperazine rings is 1. The Morgan fingerprint density at radius 3 is 2.41 bits per heavy atom. The molecule has 2 heterocycles. The van der Waals surface area contributed by atoms with Crippen LogP contribution in [0.2, 0.25) is 0 Å². The molecule has 8 nitrogen and oxygen atoms in total. The first kappa shape index (κ1) is 22.3. The number of nitrogens with zero attached hydrogens (tertiary/aromatic N) is 3. The number of methoxy groups -OCH3 is 1. The minimum atomic E-state index is -0.548. The van der Waals surface area contributed by atoms with Crippen LogP contribution in [0.4, 0.5) is 0 Å². The highest BCUT2D eigenvalue weighted by Gasteiger charge is 2.18. The molecular formula is C21H35N3O5. The first-order valence-corrected chi connectivity index (χ1v) is 10.5. The van der Waals surface area contributed by atoms with Gasteiger partial charge in [0.1, 0.15) is 12.7 Å². The number of aliphatic hydroxyl groups excluding tert-OH is 2. The zero-order valence-corrected chi connectivity index (χ0v) is 17.5. The third-order valence-corrected chi connectivity index (χ3v) is 5.52. The Labute approximate surface area is 173 Å². The van der Waals surface area contributed by atoms with Crippen LogP contribution in [-0.4, -0.2) is 117 Å². The van der Waals surface area contributed by atoms with Crippen molar-refractivity contribution in [1.82, 2.24) is 14.7 Å². The van der Waals surface area contributed by atoms with Crippen molar-refractivity contribution in [3.63, 3.8) is 0 Å². The molecule has 1 atom stereocenters. The largest absolute Gasteiger partial charge is 0.493 e. The predicted molar refractivity (Wildman–Crippen MR) is 111 cm³/mol. The fraction of sp³-hybridized carbons (Fsp3) is 0.714. The van der Waals surface area contributed by atoms with Crippen molar-refractivity contribution in [2.45, 2.75) is 12.6 Å². The lowest BCUT2D eigenvalue weighted by molar-refractivity contribution is 0.00445. The number of morpholine rings is 1. The van der Waals surface area contributed by atoms with Crippen molar-refractivity contribution in [3.8, 4) is 11.5 Å². The maximum atomic E-state index is 10.3. The third-order valence-electron chi connectivity index (χ3n) is 5.52. The Balaban J connectivity index is 1.47. The Bertz CT molecular complexity index is 604. The van der Waals surface area contributed by atoms with Crippen LogP contribution < -0.4 is 9.47 Å². The molecule has 0 unspecified atom stereocenters. The molecule has 0 amide bonds. The van der Waals surface area contributed by atoms with Crippen molar-refractivity contribution < 1.29 is 24.4 Å². The fourth-order valence-electron chi connectivity index (χ4n) is 3.82. The molecule has 0 radical (unpaired) electrons. The first-order chi connectivity index (χ1) is 14.2. The maximum Gasteiger partial charge on any atom is 0.161 e. The molecule has 2 saturated heterocycles. The summed E-state index contributed by atoms with van der Waals surface area (Å²) in [6.45, 7) is 9.77. The second-order valence-electron chi connectivity index (χ2n) is 7.70. The minimum Gasteiger partial charge on any atom is -0.493 e. The lowest BCUT2D eigenvalue weighted by Crippen LogP contribution is -2.46. The van der Waals surface area contributed by atoms with E-state index in [-0.39, 0.29) is 13.2 Å². The summed E-state index contributed by atoms with van der Waals surface area (Å²) in [5, 5.41) is 19.3. The molecule has 0 aromatic heterocycles. The van der Waals surface area contributed by atoms with Gasteiger partial charge in [0, 0.05) is 58.9 Å². The van der Waals surface area contributed by atoms with Gasteiger partial charge in [0.15, 0.2) is 11.5 Å². The van der Waals surface area contributed by atoms with Gasteiger partial charge >= 0.3 is 0 Å². The van der Waals surface area contributed by atoms with E-state index in [1.807, 2.05) is 12.1 Å². The van der Waals surface area contributed by atoms with E-state index in [0.717, 1.165) is 65.6 Å². The molecule has 1 aromatic carbocycles. The number of rotatable bonds is 10. The highest BCUT2D eigenvalue weighted by molar-refractivity contribution is 5.43. The topological polar surface area (TPSA) is 77.9 Å². The molecule has 0 aliphatic carbocycles. The third kappa shape index (κ3) is 7.09. The number of hydrogen-bond donors (Lipinski definition) is 2. The van der Waals surface area contributed by atoms with Crippen molar-refractivity contribution in [3.05, 3.63) is 23.8 Å². The Kier molecular flexibility index (Phi) is 8.97. The summed E-state index contributed by atoms with van der Waals surface area (Å²) in [5.74, 6) is 1.35. The van der Waals surface area contributed by atoms with Crippen LogP contribution in [0.1, 0.15) is 5.56 Å². The van der Waals surface area contributed by atoms with Crippen LogP contribution >= 0.6 is 0 Å². The van der Waals surface area contributed by atoms with E-state index in [2.05, 4.69) is 20.8 Å². The lowest BCUT2D eigenvalue weighted by Gasteiger charge is -2.34. The van der Waals surface area contributed by atoms with Gasteiger partial charge in [0.2, 0.25) is 0 Å². The summed E-state index contributed by atoms with van der Waals surface area (Å²) in [5.41, 5.74) is 1.18. The SMILES string of the molecule is COc1cc(CN2CCN(CCO)CC2)ccc1OC[C@H](O)CN1CCOCC1. The van der Waals surface area contributed by atoms with Crippen LogP contribution in [0.3, 0.4) is 0 Å². The van der Waals surface area contributed by atoms with Crippen LogP contribution in [0, 0.1) is 0 Å².